The second kappa shape index (κ2) is 6.55. The van der Waals surface area contributed by atoms with Gasteiger partial charge in [-0.15, -0.1) is 0 Å². The SMILES string of the molecule is CN1C(=O)C2(CCN(Cc3ncc[nH]3)CC2)CC1Cc1cnccn1. The maximum absolute atomic E-state index is 13.0. The van der Waals surface area contributed by atoms with Crippen molar-refractivity contribution in [2.24, 2.45) is 5.41 Å². The molecule has 2 aromatic heterocycles. The molecule has 0 aliphatic carbocycles. The van der Waals surface area contributed by atoms with Crippen molar-refractivity contribution in [3.8, 4) is 0 Å². The Balaban J connectivity index is 1.40. The van der Waals surface area contributed by atoms with Crippen LogP contribution in [0, 0.1) is 5.41 Å². The summed E-state index contributed by atoms with van der Waals surface area (Å²) in [4.78, 5) is 33.2. The molecule has 4 rings (SSSR count). The van der Waals surface area contributed by atoms with Gasteiger partial charge in [-0.3, -0.25) is 19.7 Å². The standard InChI is InChI=1S/C18H24N6O/c1-23-15(10-14-12-19-4-5-20-14)11-18(17(23)25)2-8-24(9-3-18)13-16-21-6-7-22-16/h4-7,12,15H,2-3,8-11,13H2,1H3,(H,21,22). The minimum atomic E-state index is -0.193. The van der Waals surface area contributed by atoms with Crippen LogP contribution >= 0.6 is 0 Å². The molecule has 0 saturated carbocycles. The summed E-state index contributed by atoms with van der Waals surface area (Å²) in [5, 5.41) is 0. The molecule has 132 valence electrons. The van der Waals surface area contributed by atoms with Crippen molar-refractivity contribution < 1.29 is 4.79 Å². The van der Waals surface area contributed by atoms with Crippen molar-refractivity contribution in [3.63, 3.8) is 0 Å². The van der Waals surface area contributed by atoms with Crippen LogP contribution in [0.4, 0.5) is 0 Å². The Morgan fingerprint density at radius 1 is 1.24 bits per heavy atom. The van der Waals surface area contributed by atoms with Gasteiger partial charge in [0.2, 0.25) is 5.91 Å². The number of aromatic amines is 1. The van der Waals surface area contributed by atoms with Crippen molar-refractivity contribution in [1.82, 2.24) is 29.7 Å². The van der Waals surface area contributed by atoms with Crippen LogP contribution in [0.15, 0.2) is 31.0 Å². The lowest BCUT2D eigenvalue weighted by molar-refractivity contribution is -0.137. The third kappa shape index (κ3) is 3.16. The summed E-state index contributed by atoms with van der Waals surface area (Å²) in [5.74, 6) is 1.30. The number of amides is 1. The molecule has 7 heteroatoms. The molecule has 1 atom stereocenters. The van der Waals surface area contributed by atoms with E-state index in [0.717, 1.165) is 56.8 Å². The Bertz CT molecular complexity index is 708. The Morgan fingerprint density at radius 2 is 2.08 bits per heavy atom. The molecule has 1 unspecified atom stereocenters. The van der Waals surface area contributed by atoms with Crippen molar-refractivity contribution in [1.29, 1.82) is 0 Å². The molecule has 0 aromatic carbocycles. The molecular formula is C18H24N6O. The van der Waals surface area contributed by atoms with Gasteiger partial charge >= 0.3 is 0 Å². The summed E-state index contributed by atoms with van der Waals surface area (Å²) in [6.45, 7) is 2.71. The molecule has 25 heavy (non-hydrogen) atoms. The average molecular weight is 340 g/mol. The first-order valence-corrected chi connectivity index (χ1v) is 8.89. The van der Waals surface area contributed by atoms with Gasteiger partial charge in [0.15, 0.2) is 0 Å². The number of likely N-dealkylation sites (N-methyl/N-ethyl adjacent to an activating group) is 1. The maximum Gasteiger partial charge on any atom is 0.228 e. The minimum Gasteiger partial charge on any atom is -0.348 e. The van der Waals surface area contributed by atoms with Gasteiger partial charge in [-0.2, -0.15) is 0 Å². The molecule has 0 bridgehead atoms. The van der Waals surface area contributed by atoms with Crippen LogP contribution in [0.3, 0.4) is 0 Å². The number of nitrogens with zero attached hydrogens (tertiary/aromatic N) is 5. The molecule has 1 N–H and O–H groups in total. The quantitative estimate of drug-likeness (QED) is 0.906. The molecule has 7 nitrogen and oxygen atoms in total. The second-order valence-corrected chi connectivity index (χ2v) is 7.27. The number of nitrogens with one attached hydrogen (secondary N) is 1. The number of H-pyrrole nitrogens is 1. The van der Waals surface area contributed by atoms with Gasteiger partial charge in [-0.25, -0.2) is 4.98 Å². The van der Waals surface area contributed by atoms with Gasteiger partial charge in [0.1, 0.15) is 5.82 Å². The van der Waals surface area contributed by atoms with E-state index >= 15 is 0 Å². The van der Waals surface area contributed by atoms with Gasteiger partial charge in [0.05, 0.1) is 17.7 Å². The minimum absolute atomic E-state index is 0.193. The number of carbonyl (C=O) groups excluding carboxylic acids is 1. The highest BCUT2D eigenvalue weighted by Gasteiger charge is 2.51. The number of rotatable bonds is 4. The fourth-order valence-electron chi connectivity index (χ4n) is 4.25. The molecule has 2 aromatic rings. The Labute approximate surface area is 147 Å². The summed E-state index contributed by atoms with van der Waals surface area (Å²) in [6.07, 6.45) is 12.4. The smallest absolute Gasteiger partial charge is 0.228 e. The highest BCUT2D eigenvalue weighted by Crippen LogP contribution is 2.44. The fraction of sp³-hybridized carbons (Fsp3) is 0.556. The van der Waals surface area contributed by atoms with Crippen LogP contribution in [-0.2, 0) is 17.8 Å². The summed E-state index contributed by atoms with van der Waals surface area (Å²) in [6, 6.07) is 0.223. The summed E-state index contributed by atoms with van der Waals surface area (Å²) in [5.41, 5.74) is 0.765. The van der Waals surface area contributed by atoms with Crippen molar-refractivity contribution in [3.05, 3.63) is 42.5 Å². The highest BCUT2D eigenvalue weighted by atomic mass is 16.2. The average Bonchev–Trinajstić information content (AvgIpc) is 3.22. The molecule has 0 radical (unpaired) electrons. The number of hydrogen-bond donors (Lipinski definition) is 1. The normalized spacial score (nSPS) is 23.5. The summed E-state index contributed by atoms with van der Waals surface area (Å²) in [7, 11) is 1.94. The lowest BCUT2D eigenvalue weighted by atomic mass is 9.75. The van der Waals surface area contributed by atoms with Gasteiger partial charge in [-0.05, 0) is 32.4 Å². The molecule has 2 aliphatic heterocycles. The Hall–Kier alpha value is -2.28. The van der Waals surface area contributed by atoms with Gasteiger partial charge < -0.3 is 9.88 Å². The highest BCUT2D eigenvalue weighted by molar-refractivity contribution is 5.85. The third-order valence-corrected chi connectivity index (χ3v) is 5.75. The van der Waals surface area contributed by atoms with Gasteiger partial charge in [-0.1, -0.05) is 0 Å². The first kappa shape index (κ1) is 16.2. The lowest BCUT2D eigenvalue weighted by Crippen LogP contribution is -2.44. The molecule has 1 amide bonds. The molecule has 2 fully saturated rings. The van der Waals surface area contributed by atoms with E-state index in [2.05, 4.69) is 24.8 Å². The van der Waals surface area contributed by atoms with E-state index in [9.17, 15) is 4.79 Å². The van der Waals surface area contributed by atoms with E-state index in [-0.39, 0.29) is 11.5 Å². The van der Waals surface area contributed by atoms with Crippen LogP contribution in [0.25, 0.3) is 0 Å². The van der Waals surface area contributed by atoms with Crippen LogP contribution in [-0.4, -0.2) is 61.8 Å². The largest absolute Gasteiger partial charge is 0.348 e. The summed E-state index contributed by atoms with van der Waals surface area (Å²) >= 11 is 0. The maximum atomic E-state index is 13.0. The molecule has 2 aliphatic rings. The predicted molar refractivity (Wildman–Crippen MR) is 92.4 cm³/mol. The van der Waals surface area contributed by atoms with E-state index in [0.29, 0.717) is 5.91 Å². The molecule has 1 spiro atoms. The van der Waals surface area contributed by atoms with E-state index in [1.54, 1.807) is 24.8 Å². The molecule has 2 saturated heterocycles. The van der Waals surface area contributed by atoms with Gasteiger partial charge in [0, 0.05) is 50.5 Å². The topological polar surface area (TPSA) is 78.0 Å². The van der Waals surface area contributed by atoms with Crippen LogP contribution in [0.5, 0.6) is 0 Å². The van der Waals surface area contributed by atoms with Crippen molar-refractivity contribution >= 4 is 5.91 Å². The first-order valence-electron chi connectivity index (χ1n) is 8.89. The van der Waals surface area contributed by atoms with Crippen LogP contribution < -0.4 is 0 Å². The van der Waals surface area contributed by atoms with E-state index in [1.807, 2.05) is 18.1 Å². The number of aromatic nitrogens is 4. The number of carbonyl (C=O) groups is 1. The summed E-state index contributed by atoms with van der Waals surface area (Å²) < 4.78 is 0. The second-order valence-electron chi connectivity index (χ2n) is 7.27. The monoisotopic (exact) mass is 340 g/mol. The van der Waals surface area contributed by atoms with Crippen LogP contribution in [0.1, 0.15) is 30.8 Å². The van der Waals surface area contributed by atoms with E-state index in [4.69, 9.17) is 0 Å². The Kier molecular flexibility index (Phi) is 4.25. The zero-order chi connectivity index (χ0) is 17.3. The zero-order valence-corrected chi connectivity index (χ0v) is 14.6. The molecule has 4 heterocycles. The van der Waals surface area contributed by atoms with E-state index in [1.165, 1.54) is 0 Å². The number of imidazole rings is 1. The van der Waals surface area contributed by atoms with Crippen molar-refractivity contribution in [2.45, 2.75) is 38.3 Å². The number of likely N-dealkylation sites (tertiary alicyclic amines) is 2. The zero-order valence-electron chi connectivity index (χ0n) is 14.6. The fourth-order valence-corrected chi connectivity index (χ4v) is 4.25. The van der Waals surface area contributed by atoms with E-state index < -0.39 is 0 Å². The molecular weight excluding hydrogens is 316 g/mol. The van der Waals surface area contributed by atoms with Crippen molar-refractivity contribution in [2.75, 3.05) is 20.1 Å². The third-order valence-electron chi connectivity index (χ3n) is 5.75. The van der Waals surface area contributed by atoms with Gasteiger partial charge in [0.25, 0.3) is 0 Å². The predicted octanol–water partition coefficient (Wildman–Crippen LogP) is 1.26. The number of piperidine rings is 1. The number of hydrogen-bond acceptors (Lipinski definition) is 5. The lowest BCUT2D eigenvalue weighted by Gasteiger charge is -2.37. The van der Waals surface area contributed by atoms with Crippen LogP contribution in [0.2, 0.25) is 0 Å². The Morgan fingerprint density at radius 3 is 2.76 bits per heavy atom. The first-order chi connectivity index (χ1) is 12.2.